The second kappa shape index (κ2) is 8.31. The minimum absolute atomic E-state index is 0.0386. The van der Waals surface area contributed by atoms with Crippen LogP contribution >= 0.6 is 23.1 Å². The number of aromatic nitrogens is 1. The van der Waals surface area contributed by atoms with Gasteiger partial charge in [0.15, 0.2) is 0 Å². The standard InChI is InChI=1S/C27H29N3O4S2/c1-13(24(31)29-10-6-3-7-11-29)30-25(32)19-15-12-16(20(19)26(30)33)21-18(15)17(14-8-4-2-5-9-14)22-23(35-21)28-27(34)36-22/h2,4-5,8-9,13,15-21H,3,6-7,10-12H2,1H3,(H,28,34). The van der Waals surface area contributed by atoms with E-state index in [2.05, 4.69) is 17.1 Å². The number of imide groups is 1. The lowest BCUT2D eigenvalue weighted by molar-refractivity contribution is -0.152. The summed E-state index contributed by atoms with van der Waals surface area (Å²) in [6.07, 6.45) is 3.93. The highest BCUT2D eigenvalue weighted by molar-refractivity contribution is 8.00. The number of nitrogens with one attached hydrogen (secondary N) is 1. The van der Waals surface area contributed by atoms with Crippen molar-refractivity contribution in [3.8, 4) is 0 Å². The van der Waals surface area contributed by atoms with E-state index in [4.69, 9.17) is 0 Å². The zero-order valence-electron chi connectivity index (χ0n) is 20.1. The molecule has 4 heterocycles. The van der Waals surface area contributed by atoms with Crippen LogP contribution < -0.4 is 4.87 Å². The summed E-state index contributed by atoms with van der Waals surface area (Å²) in [5, 5.41) is 1.09. The zero-order valence-corrected chi connectivity index (χ0v) is 21.7. The number of thiazole rings is 1. The van der Waals surface area contributed by atoms with E-state index in [0.717, 1.165) is 41.1 Å². The first-order valence-corrected chi connectivity index (χ1v) is 14.8. The number of H-pyrrole nitrogens is 1. The van der Waals surface area contributed by atoms with Gasteiger partial charge in [-0.2, -0.15) is 0 Å². The molecule has 9 heteroatoms. The second-order valence-corrected chi connectivity index (χ2v) is 13.2. The van der Waals surface area contributed by atoms with Crippen LogP contribution in [0.3, 0.4) is 0 Å². The van der Waals surface area contributed by atoms with Crippen molar-refractivity contribution in [2.24, 2.45) is 29.6 Å². The Hall–Kier alpha value is -2.39. The molecule has 1 N–H and O–H groups in total. The molecule has 8 atom stereocenters. The molecule has 8 unspecified atom stereocenters. The molecule has 2 saturated carbocycles. The van der Waals surface area contributed by atoms with Crippen molar-refractivity contribution in [3.05, 3.63) is 50.4 Å². The number of hydrogen-bond acceptors (Lipinski definition) is 6. The topological polar surface area (TPSA) is 90.6 Å². The number of piperidine rings is 1. The number of carbonyl (C=O) groups excluding carboxylic acids is 3. The minimum atomic E-state index is -0.745. The largest absolute Gasteiger partial charge is 0.341 e. The van der Waals surface area contributed by atoms with Gasteiger partial charge in [0.05, 0.1) is 16.9 Å². The van der Waals surface area contributed by atoms with Gasteiger partial charge in [-0.3, -0.25) is 24.1 Å². The summed E-state index contributed by atoms with van der Waals surface area (Å²) in [6.45, 7) is 3.14. The molecule has 36 heavy (non-hydrogen) atoms. The Balaban J connectivity index is 1.24. The fourth-order valence-corrected chi connectivity index (χ4v) is 10.8. The van der Waals surface area contributed by atoms with E-state index < -0.39 is 6.04 Å². The van der Waals surface area contributed by atoms with Gasteiger partial charge in [-0.05, 0) is 55.9 Å². The lowest BCUT2D eigenvalue weighted by Crippen LogP contribution is -2.51. The van der Waals surface area contributed by atoms with E-state index in [1.165, 1.54) is 16.2 Å². The van der Waals surface area contributed by atoms with Crippen molar-refractivity contribution in [3.63, 3.8) is 0 Å². The summed E-state index contributed by atoms with van der Waals surface area (Å²) in [6, 6.07) is 9.53. The molecule has 0 spiro atoms. The maximum Gasteiger partial charge on any atom is 0.305 e. The van der Waals surface area contributed by atoms with E-state index in [-0.39, 0.29) is 63.4 Å². The molecule has 0 radical (unpaired) electrons. The Bertz CT molecular complexity index is 1300. The van der Waals surface area contributed by atoms with Crippen LogP contribution in [-0.2, 0) is 14.4 Å². The van der Waals surface area contributed by atoms with Crippen LogP contribution in [0.1, 0.15) is 49.0 Å². The normalized spacial score (nSPS) is 35.5. The van der Waals surface area contributed by atoms with Gasteiger partial charge in [-0.15, -0.1) is 11.8 Å². The predicted octanol–water partition coefficient (Wildman–Crippen LogP) is 3.31. The van der Waals surface area contributed by atoms with Crippen LogP contribution in [0.2, 0.25) is 0 Å². The number of amides is 3. The first kappa shape index (κ1) is 22.8. The fraction of sp³-hybridized carbons (Fsp3) is 0.556. The molecule has 2 saturated heterocycles. The van der Waals surface area contributed by atoms with Gasteiger partial charge in [0.25, 0.3) is 0 Å². The fourth-order valence-electron chi connectivity index (χ4n) is 7.94. The molecule has 2 bridgehead atoms. The Labute approximate surface area is 217 Å². The third-order valence-electron chi connectivity index (χ3n) is 9.33. The zero-order chi connectivity index (χ0) is 24.7. The van der Waals surface area contributed by atoms with Crippen molar-refractivity contribution in [2.45, 2.75) is 54.8 Å². The first-order valence-electron chi connectivity index (χ1n) is 13.1. The van der Waals surface area contributed by atoms with Gasteiger partial charge >= 0.3 is 4.87 Å². The monoisotopic (exact) mass is 523 g/mol. The summed E-state index contributed by atoms with van der Waals surface area (Å²) >= 11 is 2.98. The maximum absolute atomic E-state index is 13.9. The van der Waals surface area contributed by atoms with Crippen LogP contribution in [0.4, 0.5) is 0 Å². The lowest BCUT2D eigenvalue weighted by Gasteiger charge is -2.43. The van der Waals surface area contributed by atoms with Gasteiger partial charge in [0, 0.05) is 29.1 Å². The third kappa shape index (κ3) is 3.11. The first-order chi connectivity index (χ1) is 17.5. The highest BCUT2D eigenvalue weighted by Gasteiger charge is 2.70. The quantitative estimate of drug-likeness (QED) is 0.624. The molecule has 3 aliphatic heterocycles. The number of aromatic amines is 1. The molecule has 4 fully saturated rings. The van der Waals surface area contributed by atoms with Gasteiger partial charge in [0.1, 0.15) is 6.04 Å². The number of rotatable bonds is 3. The lowest BCUT2D eigenvalue weighted by atomic mass is 9.68. The number of likely N-dealkylation sites (tertiary alicyclic amines) is 2. The van der Waals surface area contributed by atoms with E-state index in [1.807, 2.05) is 23.1 Å². The van der Waals surface area contributed by atoms with Gasteiger partial charge in [-0.1, -0.05) is 41.7 Å². The number of fused-ring (bicyclic) bond motifs is 9. The Morgan fingerprint density at radius 2 is 1.69 bits per heavy atom. The minimum Gasteiger partial charge on any atom is -0.341 e. The molecule has 1 aromatic heterocycles. The molecular formula is C27H29N3O4S2. The maximum atomic E-state index is 13.9. The SMILES string of the molecule is CC(C(=O)N1CCCCC1)N1C(=O)C2C3CC(C2C1=O)C1C(c2ccccc2)c2sc(=O)[nH]c2SC31. The Morgan fingerprint density at radius 3 is 2.42 bits per heavy atom. The molecule has 1 aromatic carbocycles. The number of benzene rings is 1. The average Bonchev–Trinajstić information content (AvgIpc) is 3.63. The van der Waals surface area contributed by atoms with Crippen molar-refractivity contribution < 1.29 is 14.4 Å². The smallest absolute Gasteiger partial charge is 0.305 e. The summed E-state index contributed by atoms with van der Waals surface area (Å²) in [4.78, 5) is 60.4. The molecule has 188 valence electrons. The molecule has 7 nitrogen and oxygen atoms in total. The Kier molecular flexibility index (Phi) is 5.26. The summed E-state index contributed by atoms with van der Waals surface area (Å²) in [5.74, 6) is -0.737. The van der Waals surface area contributed by atoms with E-state index >= 15 is 0 Å². The van der Waals surface area contributed by atoms with Gasteiger partial charge in [-0.25, -0.2) is 0 Å². The molecule has 5 aliphatic rings. The van der Waals surface area contributed by atoms with Crippen LogP contribution in [-0.4, -0.2) is 56.9 Å². The molecule has 7 rings (SSSR count). The Morgan fingerprint density at radius 1 is 1.00 bits per heavy atom. The number of carbonyl (C=O) groups is 3. The van der Waals surface area contributed by atoms with Crippen molar-refractivity contribution in [2.75, 3.05) is 13.1 Å². The molecule has 3 amide bonds. The van der Waals surface area contributed by atoms with Crippen molar-refractivity contribution in [1.82, 2.24) is 14.8 Å². The van der Waals surface area contributed by atoms with Crippen LogP contribution in [0.15, 0.2) is 40.2 Å². The highest BCUT2D eigenvalue weighted by atomic mass is 32.2. The molecular weight excluding hydrogens is 494 g/mol. The highest BCUT2D eigenvalue weighted by Crippen LogP contribution is 2.68. The van der Waals surface area contributed by atoms with Gasteiger partial charge < -0.3 is 9.88 Å². The summed E-state index contributed by atoms with van der Waals surface area (Å²) in [5.41, 5.74) is 1.16. The van der Waals surface area contributed by atoms with Crippen molar-refractivity contribution in [1.29, 1.82) is 0 Å². The average molecular weight is 524 g/mol. The van der Waals surface area contributed by atoms with E-state index in [9.17, 15) is 19.2 Å². The number of nitrogens with zero attached hydrogens (tertiary/aromatic N) is 2. The van der Waals surface area contributed by atoms with E-state index in [1.54, 1.807) is 18.7 Å². The van der Waals surface area contributed by atoms with Gasteiger partial charge in [0.2, 0.25) is 17.7 Å². The van der Waals surface area contributed by atoms with Crippen molar-refractivity contribution >= 4 is 40.8 Å². The predicted molar refractivity (Wildman–Crippen MR) is 137 cm³/mol. The third-order valence-corrected chi connectivity index (χ3v) is 11.9. The molecule has 2 aromatic rings. The summed E-state index contributed by atoms with van der Waals surface area (Å²) < 4.78 is 0. The van der Waals surface area contributed by atoms with Crippen LogP contribution in [0, 0.1) is 29.6 Å². The van der Waals surface area contributed by atoms with E-state index in [0.29, 0.717) is 13.1 Å². The van der Waals surface area contributed by atoms with Crippen LogP contribution in [0.5, 0.6) is 0 Å². The number of hydrogen-bond donors (Lipinski definition) is 1. The summed E-state index contributed by atoms with van der Waals surface area (Å²) in [7, 11) is 0. The molecule has 2 aliphatic carbocycles. The van der Waals surface area contributed by atoms with Crippen LogP contribution in [0.25, 0.3) is 0 Å². The second-order valence-electron chi connectivity index (χ2n) is 11.0. The number of thioether (sulfide) groups is 1.